The number of nitrogen functional groups attached to an aromatic ring is 1. The van der Waals surface area contributed by atoms with E-state index in [0.29, 0.717) is 0 Å². The van der Waals surface area contributed by atoms with Crippen LogP contribution in [0.1, 0.15) is 4.88 Å². The van der Waals surface area contributed by atoms with Crippen molar-refractivity contribution in [2.45, 2.75) is 5.33 Å². The highest BCUT2D eigenvalue weighted by atomic mass is 127. The van der Waals surface area contributed by atoms with E-state index in [1.54, 1.807) is 11.3 Å². The predicted octanol–water partition coefficient (Wildman–Crippen LogP) is 3.98. The number of thiophene rings is 1. The van der Waals surface area contributed by atoms with Gasteiger partial charge in [-0.25, -0.2) is 0 Å². The summed E-state index contributed by atoms with van der Waals surface area (Å²) in [5, 5.41) is 2.09. The van der Waals surface area contributed by atoms with Gasteiger partial charge in [0.2, 0.25) is 0 Å². The van der Waals surface area contributed by atoms with E-state index < -0.39 is 0 Å². The largest absolute Gasteiger partial charge is 0.397 e. The Bertz CT molecular complexity index is 452. The van der Waals surface area contributed by atoms with E-state index in [0.717, 1.165) is 14.6 Å². The molecule has 1 nitrogen and oxygen atoms in total. The van der Waals surface area contributed by atoms with Gasteiger partial charge in [0.05, 0.1) is 5.69 Å². The maximum Gasteiger partial charge on any atom is 0.0538 e. The van der Waals surface area contributed by atoms with Crippen LogP contribution in [0.3, 0.4) is 0 Å². The first-order valence-corrected chi connectivity index (χ1v) is 6.76. The van der Waals surface area contributed by atoms with Crippen LogP contribution in [-0.2, 0) is 5.33 Å². The summed E-state index contributed by atoms with van der Waals surface area (Å²) in [6.07, 6.45) is 0. The minimum atomic E-state index is 0.904. The lowest BCUT2D eigenvalue weighted by Gasteiger charge is -1.97. The van der Waals surface area contributed by atoms with E-state index >= 15 is 0 Å². The van der Waals surface area contributed by atoms with Crippen molar-refractivity contribution in [1.29, 1.82) is 0 Å². The summed E-state index contributed by atoms with van der Waals surface area (Å²) < 4.78 is 2.40. The van der Waals surface area contributed by atoms with Gasteiger partial charge in [0.1, 0.15) is 0 Å². The summed E-state index contributed by atoms with van der Waals surface area (Å²) in [4.78, 5) is 1.32. The summed E-state index contributed by atoms with van der Waals surface area (Å²) in [7, 11) is 0. The summed E-state index contributed by atoms with van der Waals surface area (Å²) in [6.45, 7) is 0. The lowest BCUT2D eigenvalue weighted by Crippen LogP contribution is -1.88. The molecule has 4 heteroatoms. The second-order valence-corrected chi connectivity index (χ2v) is 5.61. The Morgan fingerprint density at radius 1 is 1.46 bits per heavy atom. The topological polar surface area (TPSA) is 26.0 Å². The van der Waals surface area contributed by atoms with Gasteiger partial charge in [-0.2, -0.15) is 0 Å². The molecular formula is C9H7BrINS. The molecule has 0 unspecified atom stereocenters. The maximum absolute atomic E-state index is 5.97. The Hall–Kier alpha value is 0.190. The van der Waals surface area contributed by atoms with Gasteiger partial charge >= 0.3 is 0 Å². The van der Waals surface area contributed by atoms with E-state index in [1.165, 1.54) is 15.0 Å². The number of nitrogens with two attached hydrogens (primary N) is 1. The van der Waals surface area contributed by atoms with Gasteiger partial charge in [-0.15, -0.1) is 11.3 Å². The van der Waals surface area contributed by atoms with Gasteiger partial charge in [-0.05, 0) is 40.8 Å². The Morgan fingerprint density at radius 3 is 2.92 bits per heavy atom. The van der Waals surface area contributed by atoms with E-state index in [9.17, 15) is 0 Å². The monoisotopic (exact) mass is 367 g/mol. The molecule has 0 aliphatic heterocycles. The molecule has 1 aromatic carbocycles. The van der Waals surface area contributed by atoms with Crippen molar-refractivity contribution in [3.63, 3.8) is 0 Å². The molecule has 0 atom stereocenters. The maximum atomic E-state index is 5.97. The van der Waals surface area contributed by atoms with Crippen molar-refractivity contribution in [2.75, 3.05) is 5.73 Å². The van der Waals surface area contributed by atoms with Crippen LogP contribution in [0.4, 0.5) is 5.69 Å². The summed E-state index contributed by atoms with van der Waals surface area (Å²) in [6, 6.07) is 6.35. The number of halogens is 2. The van der Waals surface area contributed by atoms with Crippen molar-refractivity contribution in [2.24, 2.45) is 0 Å². The summed E-state index contributed by atoms with van der Waals surface area (Å²) >= 11 is 7.50. The summed E-state index contributed by atoms with van der Waals surface area (Å²) in [5.74, 6) is 0. The molecule has 68 valence electrons. The molecule has 0 saturated heterocycles. The van der Waals surface area contributed by atoms with Gasteiger partial charge in [0.25, 0.3) is 0 Å². The number of fused-ring (bicyclic) bond motifs is 1. The van der Waals surface area contributed by atoms with E-state index in [4.69, 9.17) is 5.73 Å². The van der Waals surface area contributed by atoms with E-state index in [2.05, 4.69) is 56.7 Å². The Kier molecular flexibility index (Phi) is 2.80. The van der Waals surface area contributed by atoms with Gasteiger partial charge in [-0.3, -0.25) is 0 Å². The minimum Gasteiger partial charge on any atom is -0.397 e. The highest BCUT2D eigenvalue weighted by molar-refractivity contribution is 14.1. The van der Waals surface area contributed by atoms with Crippen LogP contribution in [0, 0.1) is 3.57 Å². The van der Waals surface area contributed by atoms with Crippen molar-refractivity contribution < 1.29 is 0 Å². The molecule has 0 saturated carbocycles. The van der Waals surface area contributed by atoms with Crippen LogP contribution >= 0.6 is 49.9 Å². The number of rotatable bonds is 1. The first-order valence-electron chi connectivity index (χ1n) is 3.74. The Labute approximate surface area is 103 Å². The number of anilines is 1. The van der Waals surface area contributed by atoms with Gasteiger partial charge < -0.3 is 5.73 Å². The average Bonchev–Trinajstić information content (AvgIpc) is 2.55. The molecule has 0 aliphatic rings. The van der Waals surface area contributed by atoms with Crippen LogP contribution in [0.15, 0.2) is 18.2 Å². The van der Waals surface area contributed by atoms with Crippen molar-refractivity contribution in [3.8, 4) is 0 Å². The smallest absolute Gasteiger partial charge is 0.0538 e. The van der Waals surface area contributed by atoms with Crippen LogP contribution in [0.5, 0.6) is 0 Å². The Morgan fingerprint density at radius 2 is 2.23 bits per heavy atom. The molecule has 2 N–H and O–H groups in total. The fourth-order valence-electron chi connectivity index (χ4n) is 1.23. The molecule has 0 spiro atoms. The van der Waals surface area contributed by atoms with E-state index in [-0.39, 0.29) is 0 Å². The van der Waals surface area contributed by atoms with Crippen molar-refractivity contribution >= 4 is 65.6 Å². The third-order valence-corrected chi connectivity index (χ3v) is 4.89. The Balaban J connectivity index is 2.76. The number of hydrogen-bond donors (Lipinski definition) is 1. The fourth-order valence-corrected chi connectivity index (χ4v) is 3.13. The highest BCUT2D eigenvalue weighted by Gasteiger charge is 2.05. The first-order chi connectivity index (χ1) is 6.22. The molecule has 0 aliphatic carbocycles. The minimum absolute atomic E-state index is 0.904. The standard InChI is InChI=1S/C9H7BrINS/c10-4-5-3-6-8(13-5)2-1-7(11)9(6)12/h1-3H,4,12H2. The van der Waals surface area contributed by atoms with Gasteiger partial charge in [-0.1, -0.05) is 15.9 Å². The van der Waals surface area contributed by atoms with Crippen LogP contribution < -0.4 is 5.73 Å². The molecule has 2 aromatic rings. The fraction of sp³-hybridized carbons (Fsp3) is 0.111. The predicted molar refractivity (Wildman–Crippen MR) is 71.6 cm³/mol. The SMILES string of the molecule is Nc1c(I)ccc2sc(CBr)cc12. The second kappa shape index (κ2) is 3.74. The van der Waals surface area contributed by atoms with Gasteiger partial charge in [0, 0.05) is 23.9 Å². The van der Waals surface area contributed by atoms with Crippen molar-refractivity contribution in [3.05, 3.63) is 26.6 Å². The molecule has 0 fully saturated rings. The number of benzene rings is 1. The lowest BCUT2D eigenvalue weighted by molar-refractivity contribution is 1.59. The average molecular weight is 368 g/mol. The molecular weight excluding hydrogens is 361 g/mol. The molecule has 0 amide bonds. The van der Waals surface area contributed by atoms with E-state index in [1.807, 2.05) is 0 Å². The molecule has 0 radical (unpaired) electrons. The summed E-state index contributed by atoms with van der Waals surface area (Å²) in [5.41, 5.74) is 6.87. The number of hydrogen-bond acceptors (Lipinski definition) is 2. The third-order valence-electron chi connectivity index (χ3n) is 1.87. The third kappa shape index (κ3) is 1.71. The molecule has 2 rings (SSSR count). The zero-order chi connectivity index (χ0) is 9.42. The molecule has 0 bridgehead atoms. The van der Waals surface area contributed by atoms with Gasteiger partial charge in [0.15, 0.2) is 0 Å². The lowest BCUT2D eigenvalue weighted by atomic mass is 10.2. The molecule has 1 heterocycles. The van der Waals surface area contributed by atoms with Crippen LogP contribution in [0.2, 0.25) is 0 Å². The second-order valence-electron chi connectivity index (χ2n) is 2.72. The normalized spacial score (nSPS) is 10.9. The van der Waals surface area contributed by atoms with Crippen LogP contribution in [-0.4, -0.2) is 0 Å². The number of alkyl halides is 1. The quantitative estimate of drug-likeness (QED) is 0.460. The first kappa shape index (κ1) is 9.73. The van der Waals surface area contributed by atoms with Crippen molar-refractivity contribution in [1.82, 2.24) is 0 Å². The van der Waals surface area contributed by atoms with Crippen LogP contribution in [0.25, 0.3) is 10.1 Å². The highest BCUT2D eigenvalue weighted by Crippen LogP contribution is 2.33. The molecule has 13 heavy (non-hydrogen) atoms. The zero-order valence-corrected chi connectivity index (χ0v) is 11.2. The zero-order valence-electron chi connectivity index (χ0n) is 6.68. The molecule has 1 aromatic heterocycles.